The van der Waals surface area contributed by atoms with Crippen molar-refractivity contribution < 1.29 is 37.1 Å². The third-order valence-corrected chi connectivity index (χ3v) is 4.41. The summed E-state index contributed by atoms with van der Waals surface area (Å²) in [5.74, 6) is -0.773. The highest BCUT2D eigenvalue weighted by Crippen LogP contribution is 2.29. The minimum Gasteiger partial charge on any atom is -0.332 e. The molecular formula is C20H18F4N3O3+. The van der Waals surface area contributed by atoms with Crippen LogP contribution in [0.5, 0.6) is 0 Å². The molecule has 1 aliphatic heterocycles. The zero-order chi connectivity index (χ0) is 21.7. The van der Waals surface area contributed by atoms with Gasteiger partial charge in [-0.1, -0.05) is 18.2 Å². The van der Waals surface area contributed by atoms with E-state index in [4.69, 9.17) is 4.84 Å². The fourth-order valence-corrected chi connectivity index (χ4v) is 2.89. The third-order valence-electron chi connectivity index (χ3n) is 4.41. The van der Waals surface area contributed by atoms with Crippen molar-refractivity contribution in [3.8, 4) is 0 Å². The van der Waals surface area contributed by atoms with E-state index in [1.54, 1.807) is 0 Å². The summed E-state index contributed by atoms with van der Waals surface area (Å²) in [6, 6.07) is 9.75. The normalized spacial score (nSPS) is 15.3. The quantitative estimate of drug-likeness (QED) is 0.450. The molecule has 10 heteroatoms. The highest BCUT2D eigenvalue weighted by atomic mass is 19.4. The summed E-state index contributed by atoms with van der Waals surface area (Å²) in [6.07, 6.45) is -5.02. The van der Waals surface area contributed by atoms with Gasteiger partial charge in [-0.05, 0) is 41.1 Å². The van der Waals surface area contributed by atoms with Crippen LogP contribution in [0, 0.1) is 5.82 Å². The van der Waals surface area contributed by atoms with Gasteiger partial charge in [-0.2, -0.15) is 18.0 Å². The summed E-state index contributed by atoms with van der Waals surface area (Å²) >= 11 is 0. The molecule has 0 saturated carbocycles. The lowest BCUT2D eigenvalue weighted by Crippen LogP contribution is -2.74. The van der Waals surface area contributed by atoms with Crippen LogP contribution in [0.4, 0.5) is 28.0 Å². The van der Waals surface area contributed by atoms with Crippen LogP contribution >= 0.6 is 0 Å². The molecule has 158 valence electrons. The number of alkyl halides is 3. The number of carbonyl (C=O) groups excluding carboxylic acids is 2. The molecule has 2 aromatic carbocycles. The summed E-state index contributed by atoms with van der Waals surface area (Å²) in [5.41, 5.74) is 0.383. The average molecular weight is 424 g/mol. The number of anilines is 1. The van der Waals surface area contributed by atoms with E-state index in [0.29, 0.717) is 24.4 Å². The molecule has 0 spiro atoms. The highest BCUT2D eigenvalue weighted by molar-refractivity contribution is 5.90. The third kappa shape index (κ3) is 5.79. The van der Waals surface area contributed by atoms with Crippen LogP contribution in [0.3, 0.4) is 0 Å². The van der Waals surface area contributed by atoms with Gasteiger partial charge in [-0.15, -0.1) is 0 Å². The first-order valence-corrected chi connectivity index (χ1v) is 8.99. The Bertz CT molecular complexity index is 959. The van der Waals surface area contributed by atoms with Crippen LogP contribution in [0.2, 0.25) is 0 Å². The smallest absolute Gasteiger partial charge is 0.332 e. The summed E-state index contributed by atoms with van der Waals surface area (Å²) in [6.45, 7) is 0.519. The van der Waals surface area contributed by atoms with Gasteiger partial charge in [0.2, 0.25) is 11.6 Å². The number of halogens is 4. The molecule has 2 aromatic rings. The van der Waals surface area contributed by atoms with Crippen LogP contribution in [-0.2, 0) is 22.2 Å². The number of amides is 2. The molecule has 3 rings (SSSR count). The van der Waals surface area contributed by atoms with Gasteiger partial charge in [0.05, 0.1) is 18.4 Å². The molecule has 0 aromatic heterocycles. The molecule has 2 amide bonds. The van der Waals surface area contributed by atoms with Crippen molar-refractivity contribution in [1.29, 1.82) is 0 Å². The zero-order valence-electron chi connectivity index (χ0n) is 15.6. The second-order valence-corrected chi connectivity index (χ2v) is 6.67. The lowest BCUT2D eigenvalue weighted by molar-refractivity contribution is -0.721. The molecule has 1 saturated heterocycles. The number of nitrogens with zero attached hydrogens (tertiary/aromatic N) is 1. The van der Waals surface area contributed by atoms with E-state index in [9.17, 15) is 27.2 Å². The van der Waals surface area contributed by atoms with E-state index in [0.717, 1.165) is 12.1 Å². The second-order valence-electron chi connectivity index (χ2n) is 6.67. The number of hydrogen-bond acceptors (Lipinski definition) is 3. The topological polar surface area (TPSA) is 72.6 Å². The minimum atomic E-state index is -4.47. The Hall–Kier alpha value is -3.43. The first kappa shape index (κ1) is 21.3. The molecule has 1 aliphatic rings. The summed E-state index contributed by atoms with van der Waals surface area (Å²) in [7, 11) is 0. The molecule has 0 unspecified atom stereocenters. The van der Waals surface area contributed by atoms with E-state index in [1.165, 1.54) is 41.3 Å². The predicted octanol–water partition coefficient (Wildman–Crippen LogP) is 2.30. The van der Waals surface area contributed by atoms with Crippen molar-refractivity contribution in [2.24, 2.45) is 0 Å². The molecular weight excluding hydrogens is 406 g/mol. The molecule has 6 nitrogen and oxygen atoms in total. The van der Waals surface area contributed by atoms with Crippen molar-refractivity contribution in [2.75, 3.05) is 18.4 Å². The Morgan fingerprint density at radius 3 is 2.57 bits per heavy atom. The molecule has 2 N–H and O–H groups in total. The largest absolute Gasteiger partial charge is 0.479 e. The summed E-state index contributed by atoms with van der Waals surface area (Å²) in [4.78, 5) is 30.5. The lowest BCUT2D eigenvalue weighted by Gasteiger charge is -2.14. The van der Waals surface area contributed by atoms with Crippen LogP contribution in [0.15, 0.2) is 48.5 Å². The number of benzene rings is 2. The van der Waals surface area contributed by atoms with E-state index >= 15 is 0 Å². The van der Waals surface area contributed by atoms with Crippen molar-refractivity contribution >= 4 is 23.4 Å². The number of carbonyl (C=O) groups is 2. The van der Waals surface area contributed by atoms with Gasteiger partial charge >= 0.3 is 12.3 Å². The maximum Gasteiger partial charge on any atom is 0.479 e. The number of hydrogen-bond donors (Lipinski definition) is 2. The van der Waals surface area contributed by atoms with Gasteiger partial charge in [0.15, 0.2) is 0 Å². The Morgan fingerprint density at radius 2 is 1.87 bits per heavy atom. The van der Waals surface area contributed by atoms with Gasteiger partial charge in [0.1, 0.15) is 12.4 Å². The zero-order valence-corrected chi connectivity index (χ0v) is 15.6. The Balaban J connectivity index is 1.51. The van der Waals surface area contributed by atoms with E-state index in [2.05, 4.69) is 10.5 Å². The van der Waals surface area contributed by atoms with Gasteiger partial charge in [-0.3, -0.25) is 10.1 Å². The lowest BCUT2D eigenvalue weighted by atomic mass is 10.1. The SMILES string of the molecule is O=C(Nc1ccc(F)cc1)O/[NH+]=C1\CCN(C(=O)Cc2cccc(C(F)(F)F)c2)C1. The van der Waals surface area contributed by atoms with Gasteiger partial charge in [0, 0.05) is 12.2 Å². The van der Waals surface area contributed by atoms with E-state index < -0.39 is 23.7 Å². The maximum absolute atomic E-state index is 12.8. The molecule has 0 aliphatic carbocycles. The van der Waals surface area contributed by atoms with Gasteiger partial charge in [-0.25, -0.2) is 9.18 Å². The molecule has 1 heterocycles. The van der Waals surface area contributed by atoms with Gasteiger partial charge in [0.25, 0.3) is 0 Å². The molecule has 0 bridgehead atoms. The first-order chi connectivity index (χ1) is 14.2. The fourth-order valence-electron chi connectivity index (χ4n) is 2.89. The maximum atomic E-state index is 12.8. The highest BCUT2D eigenvalue weighted by Gasteiger charge is 2.31. The van der Waals surface area contributed by atoms with Crippen LogP contribution in [0.1, 0.15) is 17.5 Å². The Morgan fingerprint density at radius 1 is 1.13 bits per heavy atom. The summed E-state index contributed by atoms with van der Waals surface area (Å²) in [5, 5.41) is 4.88. The van der Waals surface area contributed by atoms with Crippen LogP contribution in [-0.4, -0.2) is 35.7 Å². The Labute approximate surface area is 169 Å². The number of nitrogens with one attached hydrogen (secondary N) is 2. The molecule has 0 radical (unpaired) electrons. The second kappa shape index (κ2) is 8.93. The van der Waals surface area contributed by atoms with Crippen LogP contribution < -0.4 is 10.5 Å². The number of likely N-dealkylation sites (tertiary alicyclic amines) is 1. The molecule has 30 heavy (non-hydrogen) atoms. The fraction of sp³-hybridized carbons (Fsp3) is 0.250. The standard InChI is InChI=1S/C20H17F4N3O3/c21-15-4-6-16(7-5-15)25-19(29)30-26-17-8-9-27(12-17)18(28)11-13-2-1-3-14(10-13)20(22,23)24/h1-7,10H,8-9,11-12H2,(H,25,29)/p+1/b26-17+. The van der Waals surface area contributed by atoms with Crippen molar-refractivity contribution in [3.05, 3.63) is 65.5 Å². The predicted molar refractivity (Wildman–Crippen MR) is 98.8 cm³/mol. The minimum absolute atomic E-state index is 0.164. The number of rotatable bonds is 4. The molecule has 1 fully saturated rings. The van der Waals surface area contributed by atoms with Crippen molar-refractivity contribution in [2.45, 2.75) is 19.0 Å². The van der Waals surface area contributed by atoms with E-state index in [-0.39, 0.29) is 24.4 Å². The van der Waals surface area contributed by atoms with Crippen LogP contribution in [0.25, 0.3) is 0 Å². The first-order valence-electron chi connectivity index (χ1n) is 8.99. The Kier molecular flexibility index (Phi) is 6.34. The van der Waals surface area contributed by atoms with Crippen molar-refractivity contribution in [1.82, 2.24) is 4.90 Å². The molecule has 0 atom stereocenters. The monoisotopic (exact) mass is 424 g/mol. The average Bonchev–Trinajstić information content (AvgIpc) is 3.17. The van der Waals surface area contributed by atoms with E-state index in [1.807, 2.05) is 0 Å². The summed E-state index contributed by atoms with van der Waals surface area (Å²) < 4.78 is 51.2. The van der Waals surface area contributed by atoms with Crippen molar-refractivity contribution in [3.63, 3.8) is 0 Å². The van der Waals surface area contributed by atoms with Gasteiger partial charge < -0.3 is 4.90 Å².